The minimum absolute atomic E-state index is 0.00963. The molecule has 0 fully saturated rings. The molecule has 2 aromatic carbocycles. The summed E-state index contributed by atoms with van der Waals surface area (Å²) in [6.07, 6.45) is 3.30. The van der Waals surface area contributed by atoms with E-state index >= 15 is 0 Å². The molecule has 2 heterocycles. The van der Waals surface area contributed by atoms with E-state index in [9.17, 15) is 0 Å². The molecule has 0 radical (unpaired) electrons. The maximum Gasteiger partial charge on any atom is 0.123 e. The number of rotatable bonds is 1. The van der Waals surface area contributed by atoms with Gasteiger partial charge in [-0.2, -0.15) is 0 Å². The van der Waals surface area contributed by atoms with E-state index in [4.69, 9.17) is 4.74 Å². The minimum Gasteiger partial charge on any atom is -0.493 e. The Morgan fingerprint density at radius 1 is 1.00 bits per heavy atom. The Bertz CT molecular complexity index is 817. The second-order valence-corrected chi connectivity index (χ2v) is 6.10. The molecule has 0 spiro atoms. The van der Waals surface area contributed by atoms with Crippen LogP contribution in [0.25, 0.3) is 10.9 Å². The van der Waals surface area contributed by atoms with Crippen molar-refractivity contribution in [2.75, 3.05) is 6.61 Å². The fraction of sp³-hybridized carbons (Fsp3) is 0.263. The lowest BCUT2D eigenvalue weighted by Crippen LogP contribution is -2.30. The average Bonchev–Trinajstić information content (AvgIpc) is 2.86. The second-order valence-electron chi connectivity index (χ2n) is 6.10. The van der Waals surface area contributed by atoms with Crippen LogP contribution in [0, 0.1) is 0 Å². The molecule has 0 saturated carbocycles. The summed E-state index contributed by atoms with van der Waals surface area (Å²) in [6.45, 7) is 3.12. The third-order valence-electron chi connectivity index (χ3n) is 4.83. The minimum atomic E-state index is 0.00963. The molecule has 106 valence electrons. The molecule has 21 heavy (non-hydrogen) atoms. The normalized spacial score (nSPS) is 21.0. The first-order valence-electron chi connectivity index (χ1n) is 7.47. The zero-order chi connectivity index (χ0) is 14.4. The van der Waals surface area contributed by atoms with Crippen LogP contribution in [0.4, 0.5) is 0 Å². The number of hydrogen-bond acceptors (Lipinski definition) is 1. The van der Waals surface area contributed by atoms with Crippen molar-refractivity contribution in [2.24, 2.45) is 7.05 Å². The van der Waals surface area contributed by atoms with Gasteiger partial charge < -0.3 is 9.30 Å². The van der Waals surface area contributed by atoms with Gasteiger partial charge in [0, 0.05) is 35.1 Å². The van der Waals surface area contributed by atoms with Crippen molar-refractivity contribution in [1.82, 2.24) is 4.57 Å². The molecule has 1 unspecified atom stereocenters. The molecule has 4 rings (SSSR count). The van der Waals surface area contributed by atoms with Crippen LogP contribution in [0.3, 0.4) is 0 Å². The van der Waals surface area contributed by atoms with Gasteiger partial charge in [-0.3, -0.25) is 0 Å². The number of nitrogens with zero attached hydrogens (tertiary/aromatic N) is 1. The summed E-state index contributed by atoms with van der Waals surface area (Å²) in [5, 5.41) is 1.35. The van der Waals surface area contributed by atoms with Crippen molar-refractivity contribution in [1.29, 1.82) is 0 Å². The number of para-hydroxylation sites is 2. The summed E-state index contributed by atoms with van der Waals surface area (Å²) < 4.78 is 8.08. The quantitative estimate of drug-likeness (QED) is 0.648. The lowest BCUT2D eigenvalue weighted by molar-refractivity contribution is 0.244. The fourth-order valence-corrected chi connectivity index (χ4v) is 3.61. The van der Waals surface area contributed by atoms with Crippen molar-refractivity contribution in [3.05, 3.63) is 65.9 Å². The maximum atomic E-state index is 5.85. The van der Waals surface area contributed by atoms with Gasteiger partial charge in [0.15, 0.2) is 0 Å². The molecule has 0 aliphatic carbocycles. The van der Waals surface area contributed by atoms with Gasteiger partial charge in [-0.05, 0) is 24.1 Å². The predicted molar refractivity (Wildman–Crippen MR) is 85.9 cm³/mol. The standard InChI is InChI=1S/C19H19NO/c1-19(11-12-21-18-10-6-4-8-15(18)19)16-13-20(2)17-9-5-3-7-14(16)17/h3-10,13H,11-12H2,1-2H3. The average molecular weight is 277 g/mol. The molecule has 0 N–H and O–H groups in total. The van der Waals surface area contributed by atoms with Crippen molar-refractivity contribution in [3.8, 4) is 5.75 Å². The lowest BCUT2D eigenvalue weighted by atomic mass is 9.72. The number of ether oxygens (including phenoxy) is 1. The van der Waals surface area contributed by atoms with E-state index < -0.39 is 0 Å². The Kier molecular flexibility index (Phi) is 2.61. The molecular formula is C19H19NO. The third kappa shape index (κ3) is 1.72. The Morgan fingerprint density at radius 3 is 2.67 bits per heavy atom. The van der Waals surface area contributed by atoms with E-state index in [1.807, 2.05) is 6.07 Å². The number of hydrogen-bond donors (Lipinski definition) is 0. The highest BCUT2D eigenvalue weighted by molar-refractivity contribution is 5.86. The second kappa shape index (κ2) is 4.39. The Hall–Kier alpha value is -2.22. The number of fused-ring (bicyclic) bond motifs is 2. The molecule has 2 heteroatoms. The largest absolute Gasteiger partial charge is 0.493 e. The van der Waals surface area contributed by atoms with Crippen molar-refractivity contribution in [3.63, 3.8) is 0 Å². The molecular weight excluding hydrogens is 258 g/mol. The molecule has 1 aliphatic rings. The zero-order valence-corrected chi connectivity index (χ0v) is 12.5. The maximum absolute atomic E-state index is 5.85. The van der Waals surface area contributed by atoms with Crippen LogP contribution in [0.1, 0.15) is 24.5 Å². The van der Waals surface area contributed by atoms with Crippen LogP contribution in [0.2, 0.25) is 0 Å². The smallest absolute Gasteiger partial charge is 0.123 e. The van der Waals surface area contributed by atoms with Gasteiger partial charge in [0.1, 0.15) is 5.75 Å². The predicted octanol–water partition coefficient (Wildman–Crippen LogP) is 4.27. The molecule has 1 aromatic heterocycles. The Labute approximate surface area is 125 Å². The molecule has 3 aromatic rings. The Balaban J connectivity index is 2.01. The van der Waals surface area contributed by atoms with Crippen LogP contribution in [-0.4, -0.2) is 11.2 Å². The summed E-state index contributed by atoms with van der Waals surface area (Å²) in [5.41, 5.74) is 4.00. The van der Waals surface area contributed by atoms with Gasteiger partial charge in [-0.1, -0.05) is 43.3 Å². The first-order chi connectivity index (χ1) is 10.2. The molecule has 2 nitrogen and oxygen atoms in total. The van der Waals surface area contributed by atoms with Crippen LogP contribution >= 0.6 is 0 Å². The molecule has 0 bridgehead atoms. The fourth-order valence-electron chi connectivity index (χ4n) is 3.61. The van der Waals surface area contributed by atoms with E-state index in [1.165, 1.54) is 22.0 Å². The van der Waals surface area contributed by atoms with Gasteiger partial charge in [0.2, 0.25) is 0 Å². The van der Waals surface area contributed by atoms with Crippen molar-refractivity contribution in [2.45, 2.75) is 18.8 Å². The van der Waals surface area contributed by atoms with Gasteiger partial charge in [-0.15, -0.1) is 0 Å². The van der Waals surface area contributed by atoms with Crippen LogP contribution in [0.5, 0.6) is 5.75 Å². The SMILES string of the molecule is Cn1cc(C2(C)CCOc3ccccc32)c2ccccc21. The highest BCUT2D eigenvalue weighted by Crippen LogP contribution is 2.45. The third-order valence-corrected chi connectivity index (χ3v) is 4.83. The lowest BCUT2D eigenvalue weighted by Gasteiger charge is -2.35. The van der Waals surface area contributed by atoms with E-state index in [0.29, 0.717) is 0 Å². The number of aryl methyl sites for hydroxylation is 1. The molecule has 0 amide bonds. The van der Waals surface area contributed by atoms with Crippen molar-refractivity contribution < 1.29 is 4.74 Å². The first kappa shape index (κ1) is 12.5. The monoisotopic (exact) mass is 277 g/mol. The van der Waals surface area contributed by atoms with E-state index in [2.05, 4.69) is 67.2 Å². The molecule has 1 atom stereocenters. The topological polar surface area (TPSA) is 14.2 Å². The van der Waals surface area contributed by atoms with Crippen molar-refractivity contribution >= 4 is 10.9 Å². The summed E-state index contributed by atoms with van der Waals surface area (Å²) in [7, 11) is 2.13. The van der Waals surface area contributed by atoms with E-state index in [0.717, 1.165) is 18.8 Å². The molecule has 1 aliphatic heterocycles. The van der Waals surface area contributed by atoms with Crippen LogP contribution < -0.4 is 4.74 Å². The Morgan fingerprint density at radius 2 is 1.76 bits per heavy atom. The summed E-state index contributed by atoms with van der Waals surface area (Å²) in [4.78, 5) is 0. The first-order valence-corrected chi connectivity index (χ1v) is 7.47. The van der Waals surface area contributed by atoms with Gasteiger partial charge in [-0.25, -0.2) is 0 Å². The number of benzene rings is 2. The van der Waals surface area contributed by atoms with Gasteiger partial charge in [0.05, 0.1) is 6.61 Å². The zero-order valence-electron chi connectivity index (χ0n) is 12.5. The summed E-state index contributed by atoms with van der Waals surface area (Å²) >= 11 is 0. The number of aromatic nitrogens is 1. The summed E-state index contributed by atoms with van der Waals surface area (Å²) in [5.74, 6) is 1.03. The molecule has 0 saturated heterocycles. The van der Waals surface area contributed by atoms with Crippen LogP contribution in [-0.2, 0) is 12.5 Å². The summed E-state index contributed by atoms with van der Waals surface area (Å²) in [6, 6.07) is 17.1. The highest BCUT2D eigenvalue weighted by atomic mass is 16.5. The van der Waals surface area contributed by atoms with E-state index in [1.54, 1.807) is 0 Å². The van der Waals surface area contributed by atoms with Gasteiger partial charge >= 0.3 is 0 Å². The van der Waals surface area contributed by atoms with E-state index in [-0.39, 0.29) is 5.41 Å². The highest BCUT2D eigenvalue weighted by Gasteiger charge is 2.36. The van der Waals surface area contributed by atoms with Gasteiger partial charge in [0.25, 0.3) is 0 Å². The van der Waals surface area contributed by atoms with Crippen LogP contribution in [0.15, 0.2) is 54.7 Å².